The second-order valence-corrected chi connectivity index (χ2v) is 6.06. The van der Waals surface area contributed by atoms with Crippen LogP contribution in [0.1, 0.15) is 17.5 Å². The molecular formula is C19H20FN3O. The number of carbonyl (C=O) groups excluding carboxylic acids is 1. The van der Waals surface area contributed by atoms with E-state index in [-0.39, 0.29) is 11.7 Å². The summed E-state index contributed by atoms with van der Waals surface area (Å²) < 4.78 is 15.1. The van der Waals surface area contributed by atoms with Gasteiger partial charge < -0.3 is 4.90 Å². The predicted octanol–water partition coefficient (Wildman–Crippen LogP) is 3.53. The highest BCUT2D eigenvalue weighted by Crippen LogP contribution is 2.16. The van der Waals surface area contributed by atoms with Crippen molar-refractivity contribution in [3.63, 3.8) is 0 Å². The lowest BCUT2D eigenvalue weighted by molar-refractivity contribution is -0.130. The van der Waals surface area contributed by atoms with Gasteiger partial charge in [0.15, 0.2) is 0 Å². The number of benzene rings is 2. The number of rotatable bonds is 5. The highest BCUT2D eigenvalue weighted by atomic mass is 19.1. The molecule has 0 radical (unpaired) electrons. The van der Waals surface area contributed by atoms with Gasteiger partial charge >= 0.3 is 0 Å². The quantitative estimate of drug-likeness (QED) is 0.720. The van der Waals surface area contributed by atoms with Gasteiger partial charge in [0.2, 0.25) is 5.91 Å². The number of aromatic nitrogens is 2. The second-order valence-electron chi connectivity index (χ2n) is 6.06. The summed E-state index contributed by atoms with van der Waals surface area (Å²) in [5, 5.41) is 5.44. The zero-order valence-corrected chi connectivity index (χ0v) is 13.9. The summed E-state index contributed by atoms with van der Waals surface area (Å²) in [6.45, 7) is 2.97. The molecule has 0 bridgehead atoms. The molecule has 5 heteroatoms. The van der Waals surface area contributed by atoms with Crippen LogP contribution in [0.4, 0.5) is 4.39 Å². The molecule has 0 aliphatic carbocycles. The van der Waals surface area contributed by atoms with Gasteiger partial charge in [0, 0.05) is 25.4 Å². The first-order chi connectivity index (χ1) is 11.5. The molecular weight excluding hydrogens is 305 g/mol. The Morgan fingerprint density at radius 1 is 1.25 bits per heavy atom. The molecule has 0 unspecified atom stereocenters. The highest BCUT2D eigenvalue weighted by Gasteiger charge is 2.11. The van der Waals surface area contributed by atoms with Gasteiger partial charge in [-0.05, 0) is 36.8 Å². The Bertz CT molecular complexity index is 872. The van der Waals surface area contributed by atoms with Crippen molar-refractivity contribution in [1.29, 1.82) is 0 Å². The maximum Gasteiger partial charge on any atom is 0.224 e. The maximum atomic E-state index is 13.2. The number of aryl methyl sites for hydroxylation is 2. The normalized spacial score (nSPS) is 11.0. The van der Waals surface area contributed by atoms with Crippen molar-refractivity contribution >= 4 is 16.8 Å². The van der Waals surface area contributed by atoms with Gasteiger partial charge in [-0.1, -0.05) is 23.8 Å². The Labute approximate surface area is 140 Å². The zero-order valence-electron chi connectivity index (χ0n) is 13.9. The Hall–Kier alpha value is -2.69. The SMILES string of the molecule is Cc1ccc2c(cnn2CCC(=O)N(C)Cc2cccc(F)c2)c1. The minimum absolute atomic E-state index is 0.00928. The smallest absolute Gasteiger partial charge is 0.224 e. The fourth-order valence-electron chi connectivity index (χ4n) is 2.77. The lowest BCUT2D eigenvalue weighted by atomic mass is 10.2. The molecule has 0 saturated heterocycles. The van der Waals surface area contributed by atoms with Crippen LogP contribution < -0.4 is 0 Å². The summed E-state index contributed by atoms with van der Waals surface area (Å²) >= 11 is 0. The molecule has 4 nitrogen and oxygen atoms in total. The molecule has 1 heterocycles. The molecule has 0 N–H and O–H groups in total. The van der Waals surface area contributed by atoms with E-state index in [1.54, 1.807) is 18.0 Å². The van der Waals surface area contributed by atoms with Crippen molar-refractivity contribution in [2.75, 3.05) is 7.05 Å². The number of hydrogen-bond acceptors (Lipinski definition) is 2. The van der Waals surface area contributed by atoms with E-state index >= 15 is 0 Å². The maximum absolute atomic E-state index is 13.2. The molecule has 0 fully saturated rings. The average molecular weight is 325 g/mol. The summed E-state index contributed by atoms with van der Waals surface area (Å²) in [6, 6.07) is 12.5. The van der Waals surface area contributed by atoms with Gasteiger partial charge in [0.25, 0.3) is 0 Å². The molecule has 1 aromatic heterocycles. The van der Waals surface area contributed by atoms with Crippen LogP contribution in [0.5, 0.6) is 0 Å². The molecule has 0 saturated carbocycles. The van der Waals surface area contributed by atoms with Gasteiger partial charge in [-0.2, -0.15) is 5.10 Å². The van der Waals surface area contributed by atoms with Gasteiger partial charge in [-0.15, -0.1) is 0 Å². The molecule has 1 amide bonds. The van der Waals surface area contributed by atoms with Crippen LogP contribution in [0.2, 0.25) is 0 Å². The summed E-state index contributed by atoms with van der Waals surface area (Å²) in [5.41, 5.74) is 3.00. The molecule has 3 aromatic rings. The number of nitrogens with zero attached hydrogens (tertiary/aromatic N) is 3. The third-order valence-electron chi connectivity index (χ3n) is 4.07. The fraction of sp³-hybridized carbons (Fsp3) is 0.263. The van der Waals surface area contributed by atoms with Crippen LogP contribution in [-0.2, 0) is 17.9 Å². The highest BCUT2D eigenvalue weighted by molar-refractivity contribution is 5.80. The summed E-state index contributed by atoms with van der Waals surface area (Å²) in [7, 11) is 1.73. The van der Waals surface area contributed by atoms with E-state index in [9.17, 15) is 9.18 Å². The van der Waals surface area contributed by atoms with Crippen molar-refractivity contribution in [3.05, 3.63) is 65.6 Å². The van der Waals surface area contributed by atoms with Crippen molar-refractivity contribution in [3.8, 4) is 0 Å². The minimum atomic E-state index is -0.286. The molecule has 0 aliphatic heterocycles. The molecule has 0 spiro atoms. The van der Waals surface area contributed by atoms with E-state index in [1.807, 2.05) is 36.0 Å². The van der Waals surface area contributed by atoms with E-state index in [4.69, 9.17) is 0 Å². The van der Waals surface area contributed by atoms with Crippen LogP contribution in [-0.4, -0.2) is 27.6 Å². The molecule has 2 aromatic carbocycles. The van der Waals surface area contributed by atoms with Crippen LogP contribution in [0.3, 0.4) is 0 Å². The molecule has 24 heavy (non-hydrogen) atoms. The summed E-state index contributed by atoms with van der Waals surface area (Å²) in [6.07, 6.45) is 2.18. The number of fused-ring (bicyclic) bond motifs is 1. The van der Waals surface area contributed by atoms with Crippen molar-refractivity contribution in [1.82, 2.24) is 14.7 Å². The third-order valence-corrected chi connectivity index (χ3v) is 4.07. The molecule has 3 rings (SSSR count). The van der Waals surface area contributed by atoms with Crippen LogP contribution in [0.25, 0.3) is 10.9 Å². The average Bonchev–Trinajstić information content (AvgIpc) is 2.94. The lowest BCUT2D eigenvalue weighted by Crippen LogP contribution is -2.27. The van der Waals surface area contributed by atoms with E-state index < -0.39 is 0 Å². The topological polar surface area (TPSA) is 38.1 Å². The minimum Gasteiger partial charge on any atom is -0.341 e. The van der Waals surface area contributed by atoms with E-state index in [0.29, 0.717) is 19.5 Å². The van der Waals surface area contributed by atoms with E-state index in [2.05, 4.69) is 11.2 Å². The molecule has 0 aliphatic rings. The van der Waals surface area contributed by atoms with Crippen LogP contribution >= 0.6 is 0 Å². The monoisotopic (exact) mass is 325 g/mol. The number of amides is 1. The second kappa shape index (κ2) is 6.83. The van der Waals surface area contributed by atoms with Crippen LogP contribution in [0.15, 0.2) is 48.7 Å². The van der Waals surface area contributed by atoms with Gasteiger partial charge in [0.05, 0.1) is 18.3 Å². The van der Waals surface area contributed by atoms with Gasteiger partial charge in [-0.3, -0.25) is 9.48 Å². The first-order valence-electron chi connectivity index (χ1n) is 7.93. The number of hydrogen-bond donors (Lipinski definition) is 0. The number of halogens is 1. The summed E-state index contributed by atoms with van der Waals surface area (Å²) in [5.74, 6) is -0.276. The first kappa shape index (κ1) is 16.2. The molecule has 0 atom stereocenters. The number of carbonyl (C=O) groups is 1. The predicted molar refractivity (Wildman–Crippen MR) is 92.0 cm³/mol. The third kappa shape index (κ3) is 3.62. The Kier molecular flexibility index (Phi) is 4.60. The van der Waals surface area contributed by atoms with Crippen molar-refractivity contribution in [2.45, 2.75) is 26.4 Å². The Balaban J connectivity index is 1.62. The fourth-order valence-corrected chi connectivity index (χ4v) is 2.77. The first-order valence-corrected chi connectivity index (χ1v) is 7.93. The van der Waals surface area contributed by atoms with Crippen molar-refractivity contribution < 1.29 is 9.18 Å². The molecule has 124 valence electrons. The van der Waals surface area contributed by atoms with Gasteiger partial charge in [-0.25, -0.2) is 4.39 Å². The van der Waals surface area contributed by atoms with E-state index in [1.165, 1.54) is 17.7 Å². The van der Waals surface area contributed by atoms with Gasteiger partial charge in [0.1, 0.15) is 5.82 Å². The van der Waals surface area contributed by atoms with Crippen LogP contribution in [0, 0.1) is 12.7 Å². The standard InChI is InChI=1S/C19H20FN3O/c1-14-6-7-18-16(10-14)12-21-23(18)9-8-19(24)22(2)13-15-4-3-5-17(20)11-15/h3-7,10-12H,8-9,13H2,1-2H3. The zero-order chi connectivity index (χ0) is 17.1. The summed E-state index contributed by atoms with van der Waals surface area (Å²) in [4.78, 5) is 13.9. The Morgan fingerprint density at radius 2 is 2.08 bits per heavy atom. The van der Waals surface area contributed by atoms with E-state index in [0.717, 1.165) is 16.5 Å². The lowest BCUT2D eigenvalue weighted by Gasteiger charge is -2.17. The van der Waals surface area contributed by atoms with Crippen molar-refractivity contribution in [2.24, 2.45) is 0 Å². The largest absolute Gasteiger partial charge is 0.341 e. The Morgan fingerprint density at radius 3 is 2.88 bits per heavy atom.